The van der Waals surface area contributed by atoms with Gasteiger partial charge in [0, 0.05) is 26.2 Å². The van der Waals surface area contributed by atoms with E-state index < -0.39 is 5.60 Å². The molecule has 0 aliphatic carbocycles. The number of para-hydroxylation sites is 1. The van der Waals surface area contributed by atoms with Crippen molar-refractivity contribution in [2.24, 2.45) is 0 Å². The number of nitrogens with zero attached hydrogens (tertiary/aromatic N) is 3. The number of carbonyl (C=O) groups is 1. The zero-order valence-corrected chi connectivity index (χ0v) is 17.8. The molecule has 1 saturated heterocycles. The summed E-state index contributed by atoms with van der Waals surface area (Å²) >= 11 is 0. The number of furan rings is 1. The second-order valence-corrected chi connectivity index (χ2v) is 8.25. The predicted octanol–water partition coefficient (Wildman–Crippen LogP) is 4.17. The number of amides is 1. The minimum Gasteiger partial charge on any atom is -0.465 e. The van der Waals surface area contributed by atoms with Crippen LogP contribution in [0.2, 0.25) is 0 Å². The Labute approximate surface area is 175 Å². The maximum Gasteiger partial charge on any atom is 0.410 e. The molecule has 1 aromatic carbocycles. The Morgan fingerprint density at radius 2 is 1.90 bits per heavy atom. The number of nitro benzene ring substituents is 1. The normalized spacial score (nSPS) is 14.5. The van der Waals surface area contributed by atoms with E-state index in [1.54, 1.807) is 23.1 Å². The van der Waals surface area contributed by atoms with Crippen molar-refractivity contribution in [3.05, 3.63) is 52.0 Å². The average molecular weight is 416 g/mol. The second-order valence-electron chi connectivity index (χ2n) is 8.25. The van der Waals surface area contributed by atoms with E-state index in [0.29, 0.717) is 49.9 Å². The molecule has 1 aliphatic heterocycles. The number of piperazine rings is 1. The molecular formula is C21H28N4O5. The zero-order valence-electron chi connectivity index (χ0n) is 17.8. The van der Waals surface area contributed by atoms with Crippen molar-refractivity contribution < 1.29 is 18.9 Å². The molecule has 0 saturated carbocycles. The standard InChI is InChI=1S/C21H28N4O5/c1-15-8-9-16(29-15)14-22-17-6-5-7-18(19(17)25(27)28)23-10-12-24(13-11-23)20(26)30-21(2,3)4/h5-9,22H,10-14H2,1-4H3. The van der Waals surface area contributed by atoms with Crippen molar-refractivity contribution in [2.45, 2.75) is 39.8 Å². The molecule has 3 rings (SSSR count). The lowest BCUT2D eigenvalue weighted by Crippen LogP contribution is -2.50. The monoisotopic (exact) mass is 416 g/mol. The highest BCUT2D eigenvalue weighted by atomic mass is 16.6. The van der Waals surface area contributed by atoms with Crippen molar-refractivity contribution in [2.75, 3.05) is 36.4 Å². The highest BCUT2D eigenvalue weighted by molar-refractivity contribution is 5.77. The fourth-order valence-corrected chi connectivity index (χ4v) is 3.34. The number of hydrogen-bond acceptors (Lipinski definition) is 7. The predicted molar refractivity (Wildman–Crippen MR) is 114 cm³/mol. The number of rotatable bonds is 5. The van der Waals surface area contributed by atoms with Gasteiger partial charge in [-0.2, -0.15) is 0 Å². The molecule has 0 spiro atoms. The van der Waals surface area contributed by atoms with Gasteiger partial charge in [0.25, 0.3) is 0 Å². The van der Waals surface area contributed by atoms with Crippen molar-refractivity contribution >= 4 is 23.2 Å². The first-order chi connectivity index (χ1) is 14.1. The molecule has 2 aromatic rings. The molecule has 2 heterocycles. The fourth-order valence-electron chi connectivity index (χ4n) is 3.34. The van der Waals surface area contributed by atoms with Crippen LogP contribution in [-0.2, 0) is 11.3 Å². The maximum atomic E-state index is 12.3. The van der Waals surface area contributed by atoms with Crippen molar-refractivity contribution in [1.82, 2.24) is 4.90 Å². The largest absolute Gasteiger partial charge is 0.465 e. The average Bonchev–Trinajstić information content (AvgIpc) is 3.10. The van der Waals surface area contributed by atoms with Crippen LogP contribution in [0.25, 0.3) is 0 Å². The molecule has 9 heteroatoms. The number of nitro groups is 1. The third-order valence-electron chi connectivity index (χ3n) is 4.72. The molecule has 1 N–H and O–H groups in total. The van der Waals surface area contributed by atoms with E-state index >= 15 is 0 Å². The van der Waals surface area contributed by atoms with Gasteiger partial charge in [-0.25, -0.2) is 4.79 Å². The summed E-state index contributed by atoms with van der Waals surface area (Å²) in [4.78, 5) is 27.3. The van der Waals surface area contributed by atoms with Gasteiger partial charge in [-0.1, -0.05) is 6.07 Å². The second kappa shape index (κ2) is 8.64. The van der Waals surface area contributed by atoms with Crippen molar-refractivity contribution in [1.29, 1.82) is 0 Å². The van der Waals surface area contributed by atoms with Gasteiger partial charge in [-0.3, -0.25) is 10.1 Å². The van der Waals surface area contributed by atoms with Crippen LogP contribution in [0.3, 0.4) is 0 Å². The van der Waals surface area contributed by atoms with Crippen LogP contribution in [0.5, 0.6) is 0 Å². The molecule has 1 amide bonds. The third kappa shape index (κ3) is 5.22. The molecular weight excluding hydrogens is 388 g/mol. The molecule has 30 heavy (non-hydrogen) atoms. The summed E-state index contributed by atoms with van der Waals surface area (Å²) in [7, 11) is 0. The van der Waals surface area contributed by atoms with Crippen LogP contribution in [0.4, 0.5) is 21.9 Å². The van der Waals surface area contributed by atoms with E-state index in [2.05, 4.69) is 5.32 Å². The quantitative estimate of drug-likeness (QED) is 0.577. The minimum absolute atomic E-state index is 0.0199. The van der Waals surface area contributed by atoms with E-state index in [0.717, 1.165) is 5.76 Å². The van der Waals surface area contributed by atoms with Gasteiger partial charge in [0.2, 0.25) is 0 Å². The van der Waals surface area contributed by atoms with Gasteiger partial charge >= 0.3 is 11.8 Å². The first kappa shape index (κ1) is 21.5. The van der Waals surface area contributed by atoms with Gasteiger partial charge in [-0.15, -0.1) is 0 Å². The number of anilines is 2. The smallest absolute Gasteiger partial charge is 0.410 e. The molecule has 9 nitrogen and oxygen atoms in total. The Balaban J connectivity index is 1.71. The van der Waals surface area contributed by atoms with E-state index in [-0.39, 0.29) is 16.7 Å². The van der Waals surface area contributed by atoms with Gasteiger partial charge in [0.1, 0.15) is 28.5 Å². The summed E-state index contributed by atoms with van der Waals surface area (Å²) in [6.45, 7) is 9.54. The Hall–Kier alpha value is -3.23. The Bertz CT molecular complexity index is 910. The van der Waals surface area contributed by atoms with E-state index in [1.165, 1.54) is 0 Å². The summed E-state index contributed by atoms with van der Waals surface area (Å²) in [5, 5.41) is 15.0. The maximum absolute atomic E-state index is 12.3. The summed E-state index contributed by atoms with van der Waals surface area (Å²) in [5.74, 6) is 1.50. The molecule has 0 bridgehead atoms. The van der Waals surface area contributed by atoms with Crippen LogP contribution in [0, 0.1) is 17.0 Å². The number of hydrogen-bond donors (Lipinski definition) is 1. The lowest BCUT2D eigenvalue weighted by atomic mass is 10.2. The number of ether oxygens (including phenoxy) is 1. The van der Waals surface area contributed by atoms with Crippen molar-refractivity contribution in [3.63, 3.8) is 0 Å². The van der Waals surface area contributed by atoms with Crippen molar-refractivity contribution in [3.8, 4) is 0 Å². The Kier molecular flexibility index (Phi) is 6.19. The van der Waals surface area contributed by atoms with E-state index in [9.17, 15) is 14.9 Å². The van der Waals surface area contributed by atoms with Crippen LogP contribution in [0.15, 0.2) is 34.7 Å². The summed E-state index contributed by atoms with van der Waals surface area (Å²) < 4.78 is 10.9. The number of nitrogens with one attached hydrogen (secondary N) is 1. The summed E-state index contributed by atoms with van der Waals surface area (Å²) in [6, 6.07) is 8.91. The summed E-state index contributed by atoms with van der Waals surface area (Å²) in [5.41, 5.74) is 0.427. The Morgan fingerprint density at radius 1 is 1.20 bits per heavy atom. The van der Waals surface area contributed by atoms with E-state index in [1.807, 2.05) is 44.7 Å². The molecule has 1 aromatic heterocycles. The molecule has 0 unspecified atom stereocenters. The molecule has 0 atom stereocenters. The number of aryl methyl sites for hydroxylation is 1. The lowest BCUT2D eigenvalue weighted by molar-refractivity contribution is -0.383. The highest BCUT2D eigenvalue weighted by Gasteiger charge is 2.30. The fraction of sp³-hybridized carbons (Fsp3) is 0.476. The topological polar surface area (TPSA) is 101 Å². The third-order valence-corrected chi connectivity index (χ3v) is 4.72. The van der Waals surface area contributed by atoms with Gasteiger partial charge in [-0.05, 0) is 52.0 Å². The lowest BCUT2D eigenvalue weighted by Gasteiger charge is -2.36. The minimum atomic E-state index is -0.556. The van der Waals surface area contributed by atoms with E-state index in [4.69, 9.17) is 9.15 Å². The van der Waals surface area contributed by atoms with Gasteiger partial charge < -0.3 is 24.3 Å². The zero-order chi connectivity index (χ0) is 21.9. The first-order valence-electron chi connectivity index (χ1n) is 9.93. The van der Waals surface area contributed by atoms with Crippen LogP contribution < -0.4 is 10.2 Å². The molecule has 1 aliphatic rings. The highest BCUT2D eigenvalue weighted by Crippen LogP contribution is 2.36. The van der Waals surface area contributed by atoms with Gasteiger partial charge in [0.05, 0.1) is 11.5 Å². The number of carbonyl (C=O) groups excluding carboxylic acids is 1. The SMILES string of the molecule is Cc1ccc(CNc2cccc(N3CCN(C(=O)OC(C)(C)C)CC3)c2[N+](=O)[O-])o1. The molecule has 0 radical (unpaired) electrons. The molecule has 162 valence electrons. The summed E-state index contributed by atoms with van der Waals surface area (Å²) in [6.07, 6.45) is -0.360. The Morgan fingerprint density at radius 3 is 2.47 bits per heavy atom. The van der Waals surface area contributed by atoms with Gasteiger partial charge in [0.15, 0.2) is 0 Å². The first-order valence-corrected chi connectivity index (χ1v) is 9.93. The van der Waals surface area contributed by atoms with Crippen LogP contribution in [-0.4, -0.2) is 47.7 Å². The van der Waals surface area contributed by atoms with Crippen LogP contribution in [0.1, 0.15) is 32.3 Å². The number of benzene rings is 1. The van der Waals surface area contributed by atoms with Crippen LogP contribution >= 0.6 is 0 Å². The molecule has 1 fully saturated rings.